The average Bonchev–Trinajstić information content (AvgIpc) is 2.38. The molecule has 3 nitrogen and oxygen atoms in total. The Bertz CT molecular complexity index is 450. The summed E-state index contributed by atoms with van der Waals surface area (Å²) in [6, 6.07) is 6.72. The Balaban J connectivity index is 2.39. The zero-order valence-corrected chi connectivity index (χ0v) is 13.9. The van der Waals surface area contributed by atoms with Crippen LogP contribution in [0.4, 0.5) is 0 Å². The van der Waals surface area contributed by atoms with Crippen molar-refractivity contribution >= 4 is 0 Å². The molecule has 1 aliphatic carbocycles. The van der Waals surface area contributed by atoms with Crippen molar-refractivity contribution in [3.63, 3.8) is 0 Å². The van der Waals surface area contributed by atoms with Crippen LogP contribution in [-0.4, -0.2) is 12.2 Å². The molecule has 1 aliphatic rings. The standard InChI is InChI=1S/C18H30N2O/c1-5-21-18(8-6-7-13(2)12-18)17(20-19)16-10-14(3)9-15(4)11-16/h9-11,13,17,20H,5-8,12,19H2,1-4H3. The lowest BCUT2D eigenvalue weighted by molar-refractivity contribution is -0.102. The molecule has 3 unspecified atom stereocenters. The third-order valence-electron chi connectivity index (χ3n) is 4.69. The van der Waals surface area contributed by atoms with E-state index in [1.165, 1.54) is 29.5 Å². The van der Waals surface area contributed by atoms with Crippen LogP contribution in [0.5, 0.6) is 0 Å². The first kappa shape index (κ1) is 16.5. The van der Waals surface area contributed by atoms with Gasteiger partial charge in [-0.05, 0) is 45.1 Å². The van der Waals surface area contributed by atoms with Crippen LogP contribution >= 0.6 is 0 Å². The van der Waals surface area contributed by atoms with Crippen LogP contribution in [0.1, 0.15) is 62.3 Å². The molecule has 0 aliphatic heterocycles. The molecule has 3 atom stereocenters. The fraction of sp³-hybridized carbons (Fsp3) is 0.667. The van der Waals surface area contributed by atoms with E-state index < -0.39 is 0 Å². The second kappa shape index (κ2) is 6.91. The molecule has 0 spiro atoms. The average molecular weight is 290 g/mol. The minimum Gasteiger partial charge on any atom is -0.373 e. The van der Waals surface area contributed by atoms with Crippen molar-refractivity contribution in [1.82, 2.24) is 5.43 Å². The SMILES string of the molecule is CCOC1(C(NN)c2cc(C)cc(C)c2)CCCC(C)C1. The summed E-state index contributed by atoms with van der Waals surface area (Å²) in [6.45, 7) is 9.41. The number of nitrogens with two attached hydrogens (primary N) is 1. The van der Waals surface area contributed by atoms with E-state index in [-0.39, 0.29) is 11.6 Å². The zero-order valence-electron chi connectivity index (χ0n) is 13.9. The van der Waals surface area contributed by atoms with Gasteiger partial charge < -0.3 is 4.74 Å². The van der Waals surface area contributed by atoms with E-state index in [1.54, 1.807) is 0 Å². The maximum absolute atomic E-state index is 6.29. The molecule has 2 rings (SSSR count). The van der Waals surface area contributed by atoms with Gasteiger partial charge in [0, 0.05) is 6.61 Å². The Labute approximate surface area is 129 Å². The van der Waals surface area contributed by atoms with Gasteiger partial charge in [-0.2, -0.15) is 0 Å². The number of aryl methyl sites for hydroxylation is 2. The highest BCUT2D eigenvalue weighted by Gasteiger charge is 2.43. The summed E-state index contributed by atoms with van der Waals surface area (Å²) >= 11 is 0. The third kappa shape index (κ3) is 3.65. The summed E-state index contributed by atoms with van der Waals surface area (Å²) < 4.78 is 6.29. The van der Waals surface area contributed by atoms with Gasteiger partial charge in [0.25, 0.3) is 0 Å². The van der Waals surface area contributed by atoms with Gasteiger partial charge in [0.1, 0.15) is 0 Å². The minimum absolute atomic E-state index is 0.0544. The second-order valence-electron chi connectivity index (χ2n) is 6.72. The number of hydrogen-bond acceptors (Lipinski definition) is 3. The van der Waals surface area contributed by atoms with Gasteiger partial charge in [-0.15, -0.1) is 0 Å². The monoisotopic (exact) mass is 290 g/mol. The highest BCUT2D eigenvalue weighted by molar-refractivity contribution is 5.32. The first-order chi connectivity index (χ1) is 10.0. The molecule has 1 fully saturated rings. The fourth-order valence-corrected chi connectivity index (χ4v) is 4.04. The molecular formula is C18H30N2O. The van der Waals surface area contributed by atoms with Gasteiger partial charge in [0.2, 0.25) is 0 Å². The quantitative estimate of drug-likeness (QED) is 0.640. The lowest BCUT2D eigenvalue weighted by atomic mass is 9.72. The first-order valence-electron chi connectivity index (χ1n) is 8.19. The van der Waals surface area contributed by atoms with Gasteiger partial charge >= 0.3 is 0 Å². The van der Waals surface area contributed by atoms with Crippen LogP contribution in [0, 0.1) is 19.8 Å². The molecule has 0 heterocycles. The lowest BCUT2D eigenvalue weighted by Crippen LogP contribution is -2.51. The van der Waals surface area contributed by atoms with E-state index in [1.807, 2.05) is 0 Å². The minimum atomic E-state index is -0.179. The summed E-state index contributed by atoms with van der Waals surface area (Å²) in [5, 5.41) is 0. The van der Waals surface area contributed by atoms with E-state index in [0.29, 0.717) is 5.92 Å². The number of rotatable bonds is 5. The van der Waals surface area contributed by atoms with Gasteiger partial charge in [0.15, 0.2) is 0 Å². The van der Waals surface area contributed by atoms with E-state index in [9.17, 15) is 0 Å². The van der Waals surface area contributed by atoms with Crippen molar-refractivity contribution < 1.29 is 4.74 Å². The highest BCUT2D eigenvalue weighted by atomic mass is 16.5. The number of ether oxygens (including phenoxy) is 1. The molecule has 3 heteroatoms. The topological polar surface area (TPSA) is 47.3 Å². The number of nitrogens with one attached hydrogen (secondary N) is 1. The van der Waals surface area contributed by atoms with Crippen LogP contribution < -0.4 is 11.3 Å². The van der Waals surface area contributed by atoms with Crippen LogP contribution in [0.25, 0.3) is 0 Å². The van der Waals surface area contributed by atoms with Crippen molar-refractivity contribution in [3.05, 3.63) is 34.9 Å². The Morgan fingerprint density at radius 2 is 2.00 bits per heavy atom. The summed E-state index contributed by atoms with van der Waals surface area (Å²) in [5.41, 5.74) is 6.69. The molecule has 118 valence electrons. The summed E-state index contributed by atoms with van der Waals surface area (Å²) in [6.07, 6.45) is 4.65. The molecule has 1 aromatic carbocycles. The third-order valence-corrected chi connectivity index (χ3v) is 4.69. The zero-order chi connectivity index (χ0) is 15.5. The van der Waals surface area contributed by atoms with E-state index in [2.05, 4.69) is 51.3 Å². The molecule has 3 N–H and O–H groups in total. The van der Waals surface area contributed by atoms with Crippen LogP contribution in [0.2, 0.25) is 0 Å². The van der Waals surface area contributed by atoms with Crippen molar-refractivity contribution in [2.75, 3.05) is 6.61 Å². The molecule has 1 aromatic rings. The van der Waals surface area contributed by atoms with Crippen LogP contribution in [0.3, 0.4) is 0 Å². The van der Waals surface area contributed by atoms with Crippen molar-refractivity contribution in [2.24, 2.45) is 11.8 Å². The summed E-state index contributed by atoms with van der Waals surface area (Å²) in [5.74, 6) is 6.65. The number of hydrazine groups is 1. The normalized spacial score (nSPS) is 27.6. The molecule has 0 aromatic heterocycles. The molecule has 1 saturated carbocycles. The highest BCUT2D eigenvalue weighted by Crippen LogP contribution is 2.43. The van der Waals surface area contributed by atoms with E-state index in [0.717, 1.165) is 19.4 Å². The van der Waals surface area contributed by atoms with Gasteiger partial charge in [-0.3, -0.25) is 11.3 Å². The Morgan fingerprint density at radius 3 is 2.52 bits per heavy atom. The number of benzene rings is 1. The van der Waals surface area contributed by atoms with Crippen molar-refractivity contribution in [3.8, 4) is 0 Å². The Kier molecular flexibility index (Phi) is 5.42. The maximum Gasteiger partial charge on any atom is 0.0891 e. The summed E-state index contributed by atoms with van der Waals surface area (Å²) in [4.78, 5) is 0. The van der Waals surface area contributed by atoms with Crippen LogP contribution in [-0.2, 0) is 4.74 Å². The molecule has 0 radical (unpaired) electrons. The Morgan fingerprint density at radius 1 is 1.33 bits per heavy atom. The Hall–Kier alpha value is -0.900. The smallest absolute Gasteiger partial charge is 0.0891 e. The van der Waals surface area contributed by atoms with Crippen LogP contribution in [0.15, 0.2) is 18.2 Å². The first-order valence-corrected chi connectivity index (χ1v) is 8.19. The molecule has 0 saturated heterocycles. The lowest BCUT2D eigenvalue weighted by Gasteiger charge is -2.45. The fourth-order valence-electron chi connectivity index (χ4n) is 4.04. The molecular weight excluding hydrogens is 260 g/mol. The van der Waals surface area contributed by atoms with Gasteiger partial charge in [-0.25, -0.2) is 0 Å². The predicted molar refractivity (Wildman–Crippen MR) is 88.0 cm³/mol. The number of hydrogen-bond donors (Lipinski definition) is 2. The molecule has 0 amide bonds. The van der Waals surface area contributed by atoms with Gasteiger partial charge in [0.05, 0.1) is 11.6 Å². The summed E-state index contributed by atoms with van der Waals surface area (Å²) in [7, 11) is 0. The predicted octanol–water partition coefficient (Wildman–Crippen LogP) is 3.79. The van der Waals surface area contributed by atoms with E-state index in [4.69, 9.17) is 10.6 Å². The van der Waals surface area contributed by atoms with E-state index >= 15 is 0 Å². The molecule has 0 bridgehead atoms. The maximum atomic E-state index is 6.29. The van der Waals surface area contributed by atoms with Gasteiger partial charge in [-0.1, -0.05) is 49.1 Å². The van der Waals surface area contributed by atoms with Crippen molar-refractivity contribution in [1.29, 1.82) is 0 Å². The van der Waals surface area contributed by atoms with Crippen molar-refractivity contribution in [2.45, 2.75) is 65.0 Å². The molecule has 21 heavy (non-hydrogen) atoms. The largest absolute Gasteiger partial charge is 0.373 e. The second-order valence-corrected chi connectivity index (χ2v) is 6.72.